The van der Waals surface area contributed by atoms with Gasteiger partial charge in [0.25, 0.3) is 5.91 Å². The Hall–Kier alpha value is -1.12. The Morgan fingerprint density at radius 1 is 1.55 bits per heavy atom. The van der Waals surface area contributed by atoms with Crippen LogP contribution in [0.1, 0.15) is 0 Å². The number of fused-ring (bicyclic) bond motifs is 1. The zero-order valence-corrected chi connectivity index (χ0v) is 13.9. The number of ether oxygens (including phenoxy) is 1. The van der Waals surface area contributed by atoms with E-state index in [4.69, 9.17) is 16.3 Å². The maximum atomic E-state index is 11.6. The lowest BCUT2D eigenvalue weighted by Gasteiger charge is -2.14. The van der Waals surface area contributed by atoms with E-state index in [-0.39, 0.29) is 12.5 Å². The van der Waals surface area contributed by atoms with Gasteiger partial charge in [-0.05, 0) is 40.8 Å². The maximum Gasteiger partial charge on any atom is 0.272 e. The molecule has 0 fully saturated rings. The fourth-order valence-electron chi connectivity index (χ4n) is 1.70. The van der Waals surface area contributed by atoms with Gasteiger partial charge in [-0.15, -0.1) is 0 Å². The molecule has 0 saturated carbocycles. The van der Waals surface area contributed by atoms with Gasteiger partial charge in [-0.3, -0.25) is 15.2 Å². The van der Waals surface area contributed by atoms with Gasteiger partial charge in [-0.1, -0.05) is 11.6 Å². The molecule has 106 valence electrons. The second kappa shape index (κ2) is 6.55. The molecule has 0 aliphatic heterocycles. The van der Waals surface area contributed by atoms with Crippen molar-refractivity contribution in [1.82, 2.24) is 15.4 Å². The molecular weight excluding hydrogens is 393 g/mol. The Labute approximate surface area is 135 Å². The highest BCUT2D eigenvalue weighted by molar-refractivity contribution is 14.1. The van der Waals surface area contributed by atoms with Gasteiger partial charge in [-0.2, -0.15) is 0 Å². The third-order valence-electron chi connectivity index (χ3n) is 2.45. The molecule has 0 aliphatic rings. The molecule has 1 aromatic heterocycles. The van der Waals surface area contributed by atoms with Crippen molar-refractivity contribution in [3.63, 3.8) is 0 Å². The number of pyridine rings is 1. The number of carbonyl (C=O) groups excluding carboxylic acids is 1. The van der Waals surface area contributed by atoms with Crippen LogP contribution in [-0.2, 0) is 4.79 Å². The van der Waals surface area contributed by atoms with Crippen molar-refractivity contribution in [2.45, 2.75) is 0 Å². The van der Waals surface area contributed by atoms with E-state index in [2.05, 4.69) is 33.0 Å². The summed E-state index contributed by atoms with van der Waals surface area (Å²) in [6.45, 7) is -0.0819. The summed E-state index contributed by atoms with van der Waals surface area (Å²) in [5, 5.41) is 2.98. The van der Waals surface area contributed by atoms with Gasteiger partial charge in [0.1, 0.15) is 5.52 Å². The molecule has 1 heterocycles. The van der Waals surface area contributed by atoms with Gasteiger partial charge in [0.05, 0.1) is 8.59 Å². The van der Waals surface area contributed by atoms with Crippen molar-refractivity contribution in [3.05, 3.63) is 33.0 Å². The quantitative estimate of drug-likeness (QED) is 0.627. The van der Waals surface area contributed by atoms with Gasteiger partial charge in [-0.25, -0.2) is 5.01 Å². The van der Waals surface area contributed by atoms with Crippen LogP contribution < -0.4 is 10.2 Å². The average Bonchev–Trinajstić information content (AvgIpc) is 2.37. The summed E-state index contributed by atoms with van der Waals surface area (Å²) in [5.41, 5.74) is 3.27. The number of nitrogens with one attached hydrogen (secondary N) is 1. The van der Waals surface area contributed by atoms with Crippen molar-refractivity contribution in [2.24, 2.45) is 0 Å². The number of aromatic nitrogens is 1. The maximum absolute atomic E-state index is 11.6. The molecule has 1 amide bonds. The lowest BCUT2D eigenvalue weighted by Crippen LogP contribution is -2.39. The molecule has 20 heavy (non-hydrogen) atoms. The van der Waals surface area contributed by atoms with Crippen molar-refractivity contribution in [2.75, 3.05) is 20.7 Å². The number of hydrogen-bond acceptors (Lipinski definition) is 4. The van der Waals surface area contributed by atoms with E-state index in [9.17, 15) is 4.79 Å². The first-order valence-corrected chi connectivity index (χ1v) is 7.27. The number of halogens is 2. The fourth-order valence-corrected chi connectivity index (χ4v) is 2.87. The minimum Gasteiger partial charge on any atom is -0.480 e. The molecule has 0 spiro atoms. The fraction of sp³-hybridized carbons (Fsp3) is 0.231. The lowest BCUT2D eigenvalue weighted by atomic mass is 10.2. The Balaban J connectivity index is 2.28. The van der Waals surface area contributed by atoms with Crippen molar-refractivity contribution < 1.29 is 9.53 Å². The number of hydrogen-bond donors (Lipinski definition) is 1. The topological polar surface area (TPSA) is 54.5 Å². The molecule has 0 aliphatic carbocycles. The molecule has 2 rings (SSSR count). The van der Waals surface area contributed by atoms with Crippen LogP contribution in [0.2, 0.25) is 5.02 Å². The van der Waals surface area contributed by atoms with Crippen LogP contribution in [0.25, 0.3) is 10.9 Å². The molecule has 5 nitrogen and oxygen atoms in total. The Morgan fingerprint density at radius 3 is 3.00 bits per heavy atom. The molecule has 1 aromatic carbocycles. The third-order valence-corrected chi connectivity index (χ3v) is 3.56. The molecule has 0 atom stereocenters. The lowest BCUT2D eigenvalue weighted by molar-refractivity contribution is -0.126. The molecule has 2 aromatic rings. The van der Waals surface area contributed by atoms with E-state index in [1.54, 1.807) is 31.4 Å². The smallest absolute Gasteiger partial charge is 0.272 e. The van der Waals surface area contributed by atoms with E-state index in [0.717, 1.165) is 8.96 Å². The normalized spacial score (nSPS) is 10.8. The molecule has 1 N–H and O–H groups in total. The molecule has 0 radical (unpaired) electrons. The summed E-state index contributed by atoms with van der Waals surface area (Å²) in [4.78, 5) is 15.9. The minimum atomic E-state index is -0.232. The summed E-state index contributed by atoms with van der Waals surface area (Å²) in [6.07, 6.45) is 1.67. The van der Waals surface area contributed by atoms with E-state index in [1.807, 2.05) is 12.1 Å². The van der Waals surface area contributed by atoms with Crippen LogP contribution in [0, 0.1) is 3.57 Å². The highest BCUT2D eigenvalue weighted by Gasteiger charge is 2.13. The standard InChI is InChI=1S/C13H13ClIN3O2/c1-18(2)17-11(19)7-20-13-10(15)6-9(14)8-4-3-5-16-12(8)13/h3-6H,7H2,1-2H3,(H,17,19). The average molecular weight is 406 g/mol. The van der Waals surface area contributed by atoms with Gasteiger partial charge in [0, 0.05) is 25.7 Å². The number of nitrogens with zero attached hydrogens (tertiary/aromatic N) is 2. The first kappa shape index (κ1) is 15.3. The van der Waals surface area contributed by atoms with Crippen LogP contribution in [0.15, 0.2) is 24.4 Å². The number of benzene rings is 1. The summed E-state index contributed by atoms with van der Waals surface area (Å²) in [6, 6.07) is 5.47. The molecule has 7 heteroatoms. The van der Waals surface area contributed by atoms with E-state index >= 15 is 0 Å². The van der Waals surface area contributed by atoms with Crippen LogP contribution in [0.5, 0.6) is 5.75 Å². The minimum absolute atomic E-state index is 0.0819. The summed E-state index contributed by atoms with van der Waals surface area (Å²) < 4.78 is 6.42. The largest absolute Gasteiger partial charge is 0.480 e. The van der Waals surface area contributed by atoms with Crippen molar-refractivity contribution >= 4 is 51.0 Å². The molecule has 0 unspecified atom stereocenters. The second-order valence-electron chi connectivity index (χ2n) is 4.29. The first-order valence-electron chi connectivity index (χ1n) is 5.81. The number of rotatable bonds is 4. The zero-order chi connectivity index (χ0) is 14.7. The summed E-state index contributed by atoms with van der Waals surface area (Å²) in [7, 11) is 3.47. The molecule has 0 bridgehead atoms. The van der Waals surface area contributed by atoms with E-state index in [0.29, 0.717) is 16.3 Å². The second-order valence-corrected chi connectivity index (χ2v) is 5.86. The van der Waals surface area contributed by atoms with Crippen LogP contribution in [0.3, 0.4) is 0 Å². The predicted molar refractivity (Wildman–Crippen MR) is 86.8 cm³/mol. The van der Waals surface area contributed by atoms with Crippen molar-refractivity contribution in [3.8, 4) is 5.75 Å². The highest BCUT2D eigenvalue weighted by atomic mass is 127. The first-order chi connectivity index (χ1) is 9.49. The third kappa shape index (κ3) is 3.50. The number of amides is 1. The monoisotopic (exact) mass is 405 g/mol. The van der Waals surface area contributed by atoms with E-state index in [1.165, 1.54) is 0 Å². The zero-order valence-electron chi connectivity index (χ0n) is 11.0. The Morgan fingerprint density at radius 2 is 2.30 bits per heavy atom. The highest BCUT2D eigenvalue weighted by Crippen LogP contribution is 2.34. The van der Waals surface area contributed by atoms with Gasteiger partial charge >= 0.3 is 0 Å². The molecular formula is C13H13ClIN3O2. The summed E-state index contributed by atoms with van der Waals surface area (Å²) >= 11 is 8.29. The van der Waals surface area contributed by atoms with Gasteiger partial charge in [0.15, 0.2) is 12.4 Å². The van der Waals surface area contributed by atoms with Crippen LogP contribution in [0.4, 0.5) is 0 Å². The summed E-state index contributed by atoms with van der Waals surface area (Å²) in [5.74, 6) is 0.337. The van der Waals surface area contributed by atoms with E-state index < -0.39 is 0 Å². The SMILES string of the molecule is CN(C)NC(=O)COc1c(I)cc(Cl)c2cccnc12. The van der Waals surface area contributed by atoms with Crippen molar-refractivity contribution in [1.29, 1.82) is 0 Å². The van der Waals surface area contributed by atoms with Crippen LogP contribution in [-0.4, -0.2) is 36.6 Å². The number of carbonyl (C=O) groups is 1. The Kier molecular flexibility index (Phi) is 5.00. The van der Waals surface area contributed by atoms with Crippen LogP contribution >= 0.6 is 34.2 Å². The predicted octanol–water partition coefficient (Wildman–Crippen LogP) is 2.46. The Bertz CT molecular complexity index is 649. The number of hydrazine groups is 1. The van der Waals surface area contributed by atoms with Gasteiger partial charge < -0.3 is 4.74 Å². The molecule has 0 saturated heterocycles. The van der Waals surface area contributed by atoms with Gasteiger partial charge in [0.2, 0.25) is 0 Å².